The molecule has 0 radical (unpaired) electrons. The predicted octanol–water partition coefficient (Wildman–Crippen LogP) is 3.08. The first-order valence-electron chi connectivity index (χ1n) is 6.86. The molecular formula is C17H19FN2O. The number of carbonyl (C=O) groups excluding carboxylic acids is 1. The van der Waals surface area contributed by atoms with Crippen molar-refractivity contribution >= 4 is 5.91 Å². The summed E-state index contributed by atoms with van der Waals surface area (Å²) in [6.45, 7) is 4.48. The zero-order valence-electron chi connectivity index (χ0n) is 12.2. The highest BCUT2D eigenvalue weighted by Gasteiger charge is 2.10. The van der Waals surface area contributed by atoms with E-state index < -0.39 is 11.7 Å². The van der Waals surface area contributed by atoms with E-state index in [1.54, 1.807) is 12.1 Å². The summed E-state index contributed by atoms with van der Waals surface area (Å²) in [5.74, 6) is -1.04. The number of halogens is 1. The Morgan fingerprint density at radius 3 is 2.62 bits per heavy atom. The van der Waals surface area contributed by atoms with E-state index in [0.29, 0.717) is 12.1 Å². The molecule has 0 bridgehead atoms. The number of benzene rings is 2. The predicted molar refractivity (Wildman–Crippen MR) is 81.4 cm³/mol. The summed E-state index contributed by atoms with van der Waals surface area (Å²) in [7, 11) is 0. The lowest BCUT2D eigenvalue weighted by Gasteiger charge is -2.17. The Kier molecular flexibility index (Phi) is 4.70. The third-order valence-electron chi connectivity index (χ3n) is 3.59. The van der Waals surface area contributed by atoms with Crippen LogP contribution in [0.15, 0.2) is 42.5 Å². The van der Waals surface area contributed by atoms with E-state index in [9.17, 15) is 9.18 Å². The number of aryl methyl sites for hydroxylation is 1. The van der Waals surface area contributed by atoms with Gasteiger partial charge in [0, 0.05) is 23.7 Å². The quantitative estimate of drug-likeness (QED) is 0.887. The van der Waals surface area contributed by atoms with Crippen LogP contribution in [0.1, 0.15) is 40.0 Å². The maximum atomic E-state index is 13.9. The topological polar surface area (TPSA) is 55.1 Å². The molecule has 3 N–H and O–H groups in total. The summed E-state index contributed by atoms with van der Waals surface area (Å²) in [4.78, 5) is 11.0. The molecule has 4 heteroatoms. The summed E-state index contributed by atoms with van der Waals surface area (Å²) in [5, 5.41) is 3.29. The summed E-state index contributed by atoms with van der Waals surface area (Å²) in [6, 6.07) is 12.5. The molecule has 110 valence electrons. The van der Waals surface area contributed by atoms with E-state index in [1.807, 2.05) is 19.1 Å². The van der Waals surface area contributed by atoms with Gasteiger partial charge >= 0.3 is 0 Å². The first-order chi connectivity index (χ1) is 9.99. The lowest BCUT2D eigenvalue weighted by molar-refractivity contribution is 0.1000. The molecule has 1 amide bonds. The molecule has 0 heterocycles. The number of nitrogens with two attached hydrogens (primary N) is 1. The molecule has 2 rings (SSSR count). The van der Waals surface area contributed by atoms with Gasteiger partial charge in [-0.3, -0.25) is 4.79 Å². The van der Waals surface area contributed by atoms with Gasteiger partial charge in [0.2, 0.25) is 5.91 Å². The highest BCUT2D eigenvalue weighted by atomic mass is 19.1. The number of hydrogen-bond acceptors (Lipinski definition) is 2. The van der Waals surface area contributed by atoms with E-state index >= 15 is 0 Å². The van der Waals surface area contributed by atoms with E-state index in [-0.39, 0.29) is 11.6 Å². The van der Waals surface area contributed by atoms with Crippen LogP contribution in [0.5, 0.6) is 0 Å². The van der Waals surface area contributed by atoms with Crippen molar-refractivity contribution in [3.63, 3.8) is 0 Å². The van der Waals surface area contributed by atoms with Crippen LogP contribution < -0.4 is 11.1 Å². The lowest BCUT2D eigenvalue weighted by atomic mass is 10.0. The summed E-state index contributed by atoms with van der Waals surface area (Å²) in [5.41, 5.74) is 8.21. The van der Waals surface area contributed by atoms with E-state index in [0.717, 1.165) is 0 Å². The number of primary amides is 1. The van der Waals surface area contributed by atoms with Gasteiger partial charge in [-0.15, -0.1) is 0 Å². The number of nitrogens with one attached hydrogen (secondary N) is 1. The molecule has 0 saturated heterocycles. The molecule has 3 nitrogen and oxygen atoms in total. The van der Waals surface area contributed by atoms with Crippen LogP contribution in [-0.2, 0) is 6.54 Å². The highest BCUT2D eigenvalue weighted by molar-refractivity contribution is 5.92. The first-order valence-corrected chi connectivity index (χ1v) is 6.86. The molecule has 0 fully saturated rings. The summed E-state index contributed by atoms with van der Waals surface area (Å²) >= 11 is 0. The molecule has 0 spiro atoms. The number of hydrogen-bond donors (Lipinski definition) is 2. The number of amides is 1. The molecule has 1 atom stereocenters. The Balaban J connectivity index is 2.06. The summed E-state index contributed by atoms with van der Waals surface area (Å²) < 4.78 is 13.9. The van der Waals surface area contributed by atoms with Crippen LogP contribution in [0.25, 0.3) is 0 Å². The van der Waals surface area contributed by atoms with Crippen molar-refractivity contribution in [2.75, 3.05) is 0 Å². The number of carbonyl (C=O) groups is 1. The Hall–Kier alpha value is -2.20. The standard InChI is InChI=1S/C17H19FN2O/c1-11-5-3-4-6-15(11)12(2)20-10-14-8-7-13(17(19)21)9-16(14)18/h3-9,12,20H,10H2,1-2H3,(H2,19,21)/t12-/m0/s1. The number of rotatable bonds is 5. The van der Waals surface area contributed by atoms with Gasteiger partial charge in [-0.2, -0.15) is 0 Å². The molecule has 2 aromatic carbocycles. The van der Waals surface area contributed by atoms with Crippen molar-refractivity contribution in [2.45, 2.75) is 26.4 Å². The molecule has 0 aliphatic rings. The third-order valence-corrected chi connectivity index (χ3v) is 3.59. The maximum Gasteiger partial charge on any atom is 0.248 e. The van der Waals surface area contributed by atoms with Gasteiger partial charge < -0.3 is 11.1 Å². The SMILES string of the molecule is Cc1ccccc1[C@H](C)NCc1ccc(C(N)=O)cc1F. The fraction of sp³-hybridized carbons (Fsp3) is 0.235. The second-order valence-electron chi connectivity index (χ2n) is 5.13. The van der Waals surface area contributed by atoms with Gasteiger partial charge in [-0.1, -0.05) is 30.3 Å². The normalized spacial score (nSPS) is 12.1. The lowest BCUT2D eigenvalue weighted by Crippen LogP contribution is -2.20. The minimum atomic E-state index is -0.623. The van der Waals surface area contributed by atoms with Gasteiger partial charge in [0.15, 0.2) is 0 Å². The fourth-order valence-corrected chi connectivity index (χ4v) is 2.29. The minimum absolute atomic E-state index is 0.112. The smallest absolute Gasteiger partial charge is 0.248 e. The van der Waals surface area contributed by atoms with Crippen LogP contribution in [0, 0.1) is 12.7 Å². The molecule has 2 aromatic rings. The Bertz CT molecular complexity index is 655. The maximum absolute atomic E-state index is 13.9. The van der Waals surface area contributed by atoms with Crippen molar-refractivity contribution < 1.29 is 9.18 Å². The molecule has 0 saturated carbocycles. The third kappa shape index (κ3) is 3.67. The second-order valence-corrected chi connectivity index (χ2v) is 5.13. The van der Waals surface area contributed by atoms with Crippen LogP contribution in [-0.4, -0.2) is 5.91 Å². The second kappa shape index (κ2) is 6.50. The highest BCUT2D eigenvalue weighted by Crippen LogP contribution is 2.18. The van der Waals surface area contributed by atoms with Gasteiger partial charge in [0.1, 0.15) is 5.82 Å². The van der Waals surface area contributed by atoms with Crippen molar-refractivity contribution in [3.05, 3.63) is 70.5 Å². The van der Waals surface area contributed by atoms with Gasteiger partial charge in [-0.05, 0) is 37.1 Å². The molecule has 0 aliphatic heterocycles. The molecule has 0 unspecified atom stereocenters. The van der Waals surface area contributed by atoms with E-state index in [1.165, 1.54) is 17.2 Å². The van der Waals surface area contributed by atoms with Crippen molar-refractivity contribution in [2.24, 2.45) is 5.73 Å². The molecule has 21 heavy (non-hydrogen) atoms. The van der Waals surface area contributed by atoms with Crippen molar-refractivity contribution in [1.29, 1.82) is 0 Å². The van der Waals surface area contributed by atoms with E-state index in [4.69, 9.17) is 5.73 Å². The Morgan fingerprint density at radius 1 is 1.29 bits per heavy atom. The zero-order chi connectivity index (χ0) is 15.4. The largest absolute Gasteiger partial charge is 0.366 e. The van der Waals surface area contributed by atoms with E-state index in [2.05, 4.69) is 24.4 Å². The Labute approximate surface area is 124 Å². The van der Waals surface area contributed by atoms with Gasteiger partial charge in [0.05, 0.1) is 0 Å². The van der Waals surface area contributed by atoms with Crippen molar-refractivity contribution in [1.82, 2.24) is 5.32 Å². The van der Waals surface area contributed by atoms with Crippen molar-refractivity contribution in [3.8, 4) is 0 Å². The molecular weight excluding hydrogens is 267 g/mol. The van der Waals surface area contributed by atoms with Crippen LogP contribution >= 0.6 is 0 Å². The van der Waals surface area contributed by atoms with Gasteiger partial charge in [0.25, 0.3) is 0 Å². The first kappa shape index (κ1) is 15.2. The monoisotopic (exact) mass is 286 g/mol. The average molecular weight is 286 g/mol. The van der Waals surface area contributed by atoms with Gasteiger partial charge in [-0.25, -0.2) is 4.39 Å². The minimum Gasteiger partial charge on any atom is -0.366 e. The average Bonchev–Trinajstić information content (AvgIpc) is 2.46. The Morgan fingerprint density at radius 2 is 2.00 bits per heavy atom. The van der Waals surface area contributed by atoms with Crippen LogP contribution in [0.4, 0.5) is 4.39 Å². The summed E-state index contributed by atoms with van der Waals surface area (Å²) in [6.07, 6.45) is 0. The zero-order valence-corrected chi connectivity index (χ0v) is 12.2. The molecule has 0 aromatic heterocycles. The molecule has 0 aliphatic carbocycles. The fourth-order valence-electron chi connectivity index (χ4n) is 2.29. The van der Waals surface area contributed by atoms with Crippen LogP contribution in [0.3, 0.4) is 0 Å². The van der Waals surface area contributed by atoms with Crippen LogP contribution in [0.2, 0.25) is 0 Å².